The lowest BCUT2D eigenvalue weighted by Crippen LogP contribution is -2.25. The summed E-state index contributed by atoms with van der Waals surface area (Å²) in [6.07, 6.45) is 2.03. The molecule has 1 unspecified atom stereocenters. The third-order valence-electron chi connectivity index (χ3n) is 2.68. The van der Waals surface area contributed by atoms with Crippen LogP contribution in [-0.2, 0) is 0 Å². The fraction of sp³-hybridized carbons (Fsp3) is 0.500. The van der Waals surface area contributed by atoms with Crippen LogP contribution in [0.1, 0.15) is 24.4 Å². The molecule has 0 bridgehead atoms. The number of rotatable bonds is 4. The average Bonchev–Trinajstić information content (AvgIpc) is 2.30. The molecule has 1 heterocycles. The first-order valence-corrected chi connectivity index (χ1v) is 6.46. The smallest absolute Gasteiger partial charge is 0.0443 e. The van der Waals surface area contributed by atoms with Gasteiger partial charge in [0.25, 0.3) is 0 Å². The van der Waals surface area contributed by atoms with E-state index in [1.54, 1.807) is 0 Å². The monoisotopic (exact) mass is 223 g/mol. The van der Waals surface area contributed by atoms with E-state index in [2.05, 4.69) is 29.6 Å². The number of fused-ring (bicyclic) bond motifs is 1. The number of aliphatic hydroxyl groups is 1. The van der Waals surface area contributed by atoms with E-state index in [0.717, 1.165) is 13.0 Å². The SMILES string of the molecule is OCCCNC1CCSc2ccccc21. The molecule has 0 radical (unpaired) electrons. The van der Waals surface area contributed by atoms with Crippen LogP contribution in [-0.4, -0.2) is 24.0 Å². The number of hydrogen-bond acceptors (Lipinski definition) is 3. The lowest BCUT2D eigenvalue weighted by molar-refractivity contribution is 0.282. The Balaban J connectivity index is 2.02. The first-order valence-electron chi connectivity index (χ1n) is 5.48. The molecule has 82 valence electrons. The van der Waals surface area contributed by atoms with Gasteiger partial charge in [-0.3, -0.25) is 0 Å². The maximum atomic E-state index is 8.75. The predicted molar refractivity (Wildman–Crippen MR) is 64.2 cm³/mol. The van der Waals surface area contributed by atoms with Crippen molar-refractivity contribution in [2.45, 2.75) is 23.8 Å². The molecule has 15 heavy (non-hydrogen) atoms. The van der Waals surface area contributed by atoms with Gasteiger partial charge in [-0.15, -0.1) is 11.8 Å². The van der Waals surface area contributed by atoms with E-state index in [0.29, 0.717) is 6.04 Å². The van der Waals surface area contributed by atoms with Crippen LogP contribution in [0.2, 0.25) is 0 Å². The summed E-state index contributed by atoms with van der Waals surface area (Å²) < 4.78 is 0. The maximum absolute atomic E-state index is 8.75. The van der Waals surface area contributed by atoms with Gasteiger partial charge in [-0.1, -0.05) is 18.2 Å². The first-order chi connectivity index (χ1) is 7.42. The summed E-state index contributed by atoms with van der Waals surface area (Å²) in [6.45, 7) is 1.18. The standard InChI is InChI=1S/C12H17NOS/c14-8-3-7-13-11-6-9-15-12-5-2-1-4-10(11)12/h1-2,4-5,11,13-14H,3,6-9H2. The van der Waals surface area contributed by atoms with Gasteiger partial charge < -0.3 is 10.4 Å². The van der Waals surface area contributed by atoms with Crippen LogP contribution < -0.4 is 5.32 Å². The second-order valence-electron chi connectivity index (χ2n) is 3.76. The van der Waals surface area contributed by atoms with Crippen molar-refractivity contribution < 1.29 is 5.11 Å². The number of aliphatic hydroxyl groups excluding tert-OH is 1. The summed E-state index contributed by atoms with van der Waals surface area (Å²) >= 11 is 1.94. The average molecular weight is 223 g/mol. The van der Waals surface area contributed by atoms with E-state index in [9.17, 15) is 0 Å². The lowest BCUT2D eigenvalue weighted by atomic mass is 10.0. The highest BCUT2D eigenvalue weighted by Crippen LogP contribution is 2.35. The van der Waals surface area contributed by atoms with Crippen molar-refractivity contribution in [2.24, 2.45) is 0 Å². The molecule has 0 aliphatic carbocycles. The number of nitrogens with one attached hydrogen (secondary N) is 1. The molecule has 1 aliphatic rings. The van der Waals surface area contributed by atoms with Gasteiger partial charge in [0.2, 0.25) is 0 Å². The summed E-state index contributed by atoms with van der Waals surface area (Å²) in [4.78, 5) is 1.41. The summed E-state index contributed by atoms with van der Waals surface area (Å²) in [7, 11) is 0. The Kier molecular flexibility index (Phi) is 4.06. The molecule has 0 fully saturated rings. The molecule has 2 nitrogen and oxygen atoms in total. The topological polar surface area (TPSA) is 32.3 Å². The number of hydrogen-bond donors (Lipinski definition) is 2. The summed E-state index contributed by atoms with van der Waals surface area (Å²) in [5.74, 6) is 1.19. The Morgan fingerprint density at radius 3 is 3.13 bits per heavy atom. The van der Waals surface area contributed by atoms with E-state index in [-0.39, 0.29) is 6.61 Å². The van der Waals surface area contributed by atoms with Crippen molar-refractivity contribution in [1.29, 1.82) is 0 Å². The van der Waals surface area contributed by atoms with Gasteiger partial charge in [-0.25, -0.2) is 0 Å². The van der Waals surface area contributed by atoms with Crippen LogP contribution in [0.5, 0.6) is 0 Å². The van der Waals surface area contributed by atoms with E-state index in [4.69, 9.17) is 5.11 Å². The molecular formula is C12H17NOS. The van der Waals surface area contributed by atoms with Gasteiger partial charge in [-0.05, 0) is 36.8 Å². The molecule has 0 saturated heterocycles. The van der Waals surface area contributed by atoms with Crippen LogP contribution in [0.4, 0.5) is 0 Å². The zero-order valence-electron chi connectivity index (χ0n) is 8.78. The van der Waals surface area contributed by atoms with Gasteiger partial charge in [-0.2, -0.15) is 0 Å². The molecule has 0 amide bonds. The summed E-state index contributed by atoms with van der Waals surface area (Å²) in [5.41, 5.74) is 1.42. The van der Waals surface area contributed by atoms with Crippen LogP contribution >= 0.6 is 11.8 Å². The first kappa shape index (κ1) is 11.0. The molecule has 2 N–H and O–H groups in total. The minimum Gasteiger partial charge on any atom is -0.396 e. The zero-order valence-corrected chi connectivity index (χ0v) is 9.59. The Hall–Kier alpha value is -0.510. The minimum atomic E-state index is 0.274. The van der Waals surface area contributed by atoms with Gasteiger partial charge in [0.15, 0.2) is 0 Å². The van der Waals surface area contributed by atoms with E-state index in [1.807, 2.05) is 11.8 Å². The fourth-order valence-corrected chi connectivity index (χ4v) is 3.03. The highest BCUT2D eigenvalue weighted by molar-refractivity contribution is 7.99. The van der Waals surface area contributed by atoms with Gasteiger partial charge >= 0.3 is 0 Å². The maximum Gasteiger partial charge on any atom is 0.0443 e. The minimum absolute atomic E-state index is 0.274. The zero-order chi connectivity index (χ0) is 10.5. The molecule has 3 heteroatoms. The van der Waals surface area contributed by atoms with Crippen molar-refractivity contribution in [2.75, 3.05) is 18.9 Å². The molecule has 0 spiro atoms. The Morgan fingerprint density at radius 2 is 2.27 bits per heavy atom. The Morgan fingerprint density at radius 1 is 1.40 bits per heavy atom. The van der Waals surface area contributed by atoms with Crippen molar-refractivity contribution >= 4 is 11.8 Å². The van der Waals surface area contributed by atoms with Crippen LogP contribution in [0.3, 0.4) is 0 Å². The van der Waals surface area contributed by atoms with E-state index in [1.165, 1.54) is 22.6 Å². The molecular weight excluding hydrogens is 206 g/mol. The molecule has 1 aromatic carbocycles. The third-order valence-corrected chi connectivity index (χ3v) is 3.81. The third kappa shape index (κ3) is 2.74. The van der Waals surface area contributed by atoms with Gasteiger partial charge in [0.05, 0.1) is 0 Å². The van der Waals surface area contributed by atoms with Crippen molar-refractivity contribution in [3.05, 3.63) is 29.8 Å². The van der Waals surface area contributed by atoms with Crippen LogP contribution in [0.25, 0.3) is 0 Å². The van der Waals surface area contributed by atoms with Gasteiger partial charge in [0.1, 0.15) is 0 Å². The quantitative estimate of drug-likeness (QED) is 0.768. The Labute approximate surface area is 95.1 Å². The van der Waals surface area contributed by atoms with Crippen molar-refractivity contribution in [3.63, 3.8) is 0 Å². The fourth-order valence-electron chi connectivity index (χ4n) is 1.91. The van der Waals surface area contributed by atoms with Crippen LogP contribution in [0, 0.1) is 0 Å². The van der Waals surface area contributed by atoms with Crippen molar-refractivity contribution in [3.8, 4) is 0 Å². The second kappa shape index (κ2) is 5.54. The molecule has 0 aromatic heterocycles. The predicted octanol–water partition coefficient (Wildman–Crippen LogP) is 2.20. The molecule has 1 aromatic rings. The second-order valence-corrected chi connectivity index (χ2v) is 4.90. The van der Waals surface area contributed by atoms with Crippen molar-refractivity contribution in [1.82, 2.24) is 5.32 Å². The normalized spacial score (nSPS) is 19.9. The largest absolute Gasteiger partial charge is 0.396 e. The number of thioether (sulfide) groups is 1. The Bertz CT molecular complexity index is 316. The van der Waals surface area contributed by atoms with E-state index < -0.39 is 0 Å². The summed E-state index contributed by atoms with van der Waals surface area (Å²) in [5, 5.41) is 12.3. The highest BCUT2D eigenvalue weighted by Gasteiger charge is 2.18. The molecule has 0 saturated carbocycles. The van der Waals surface area contributed by atoms with E-state index >= 15 is 0 Å². The highest BCUT2D eigenvalue weighted by atomic mass is 32.2. The molecule has 2 rings (SSSR count). The van der Waals surface area contributed by atoms with Gasteiger partial charge in [0, 0.05) is 17.5 Å². The number of benzene rings is 1. The molecule has 1 atom stereocenters. The lowest BCUT2D eigenvalue weighted by Gasteiger charge is -2.25. The van der Waals surface area contributed by atoms with Crippen LogP contribution in [0.15, 0.2) is 29.2 Å². The molecule has 1 aliphatic heterocycles. The summed E-state index contributed by atoms with van der Waals surface area (Å²) in [6, 6.07) is 9.08.